The van der Waals surface area contributed by atoms with Gasteiger partial charge in [-0.25, -0.2) is 0 Å². The zero-order valence-corrected chi connectivity index (χ0v) is 8.73. The molecule has 0 radical (unpaired) electrons. The summed E-state index contributed by atoms with van der Waals surface area (Å²) in [6.07, 6.45) is 2.75. The lowest BCUT2D eigenvalue weighted by atomic mass is 9.97. The number of amides is 1. The maximum absolute atomic E-state index is 11.6. The molecule has 2 N–H and O–H groups in total. The number of hydrogen-bond donors (Lipinski definition) is 2. The Bertz CT molecular complexity index is 233. The number of piperidine rings is 1. The van der Waals surface area contributed by atoms with E-state index in [2.05, 4.69) is 22.5 Å². The van der Waals surface area contributed by atoms with Crippen molar-refractivity contribution in [3.8, 4) is 11.8 Å². The second-order valence-electron chi connectivity index (χ2n) is 3.45. The molecule has 1 saturated heterocycles. The van der Waals surface area contributed by atoms with Crippen LogP contribution in [-0.4, -0.2) is 25.5 Å². The van der Waals surface area contributed by atoms with Crippen LogP contribution in [0.5, 0.6) is 0 Å². The summed E-state index contributed by atoms with van der Waals surface area (Å²) >= 11 is 0. The highest BCUT2D eigenvalue weighted by Crippen LogP contribution is 2.10. The first-order valence-corrected chi connectivity index (χ1v) is 5.28. The summed E-state index contributed by atoms with van der Waals surface area (Å²) in [6, 6.07) is 0. The molecule has 0 spiro atoms. The molecule has 0 aliphatic carbocycles. The molecule has 0 atom stereocenters. The van der Waals surface area contributed by atoms with Crippen LogP contribution in [0.15, 0.2) is 0 Å². The van der Waals surface area contributed by atoms with Crippen LogP contribution in [0.1, 0.15) is 26.2 Å². The lowest BCUT2D eigenvalue weighted by molar-refractivity contribution is -0.125. The number of hydrogen-bond acceptors (Lipinski definition) is 2. The fourth-order valence-electron chi connectivity index (χ4n) is 1.55. The largest absolute Gasteiger partial charge is 0.345 e. The van der Waals surface area contributed by atoms with Gasteiger partial charge >= 0.3 is 0 Å². The third-order valence-corrected chi connectivity index (χ3v) is 2.36. The van der Waals surface area contributed by atoms with Crippen LogP contribution in [0.25, 0.3) is 0 Å². The molecule has 0 unspecified atom stereocenters. The average Bonchev–Trinajstić information content (AvgIpc) is 2.25. The van der Waals surface area contributed by atoms with Gasteiger partial charge in [0.15, 0.2) is 0 Å². The molecule has 14 heavy (non-hydrogen) atoms. The van der Waals surface area contributed by atoms with Gasteiger partial charge in [-0.05, 0) is 25.9 Å². The molecule has 0 aromatic rings. The zero-order chi connectivity index (χ0) is 10.2. The minimum Gasteiger partial charge on any atom is -0.345 e. The van der Waals surface area contributed by atoms with Crippen LogP contribution in [-0.2, 0) is 4.79 Å². The standard InChI is InChI=1S/C11H18N2O/c1-2-3-4-7-13-11(14)10-5-8-12-9-6-10/h10,12H,2,5-9H2,1H3,(H,13,14). The van der Waals surface area contributed by atoms with Gasteiger partial charge in [-0.15, -0.1) is 5.92 Å². The van der Waals surface area contributed by atoms with Crippen LogP contribution in [0.3, 0.4) is 0 Å². The summed E-state index contributed by atoms with van der Waals surface area (Å²) in [5.41, 5.74) is 0. The van der Waals surface area contributed by atoms with Gasteiger partial charge in [0.25, 0.3) is 0 Å². The van der Waals surface area contributed by atoms with Gasteiger partial charge in [0.1, 0.15) is 0 Å². The Kier molecular flexibility index (Phi) is 5.09. The summed E-state index contributed by atoms with van der Waals surface area (Å²) in [7, 11) is 0. The number of rotatable bonds is 2. The van der Waals surface area contributed by atoms with Gasteiger partial charge in [0.2, 0.25) is 5.91 Å². The highest BCUT2D eigenvalue weighted by Gasteiger charge is 2.19. The van der Waals surface area contributed by atoms with Crippen LogP contribution in [0.4, 0.5) is 0 Å². The molecular weight excluding hydrogens is 176 g/mol. The second-order valence-corrected chi connectivity index (χ2v) is 3.45. The van der Waals surface area contributed by atoms with Crippen LogP contribution < -0.4 is 10.6 Å². The van der Waals surface area contributed by atoms with Crippen molar-refractivity contribution in [2.45, 2.75) is 26.2 Å². The number of nitrogens with one attached hydrogen (secondary N) is 2. The Hall–Kier alpha value is -1.01. The minimum absolute atomic E-state index is 0.164. The van der Waals surface area contributed by atoms with E-state index in [0.717, 1.165) is 32.4 Å². The molecule has 1 fully saturated rings. The highest BCUT2D eigenvalue weighted by molar-refractivity contribution is 5.78. The van der Waals surface area contributed by atoms with Gasteiger partial charge in [-0.1, -0.05) is 12.8 Å². The maximum atomic E-state index is 11.6. The summed E-state index contributed by atoms with van der Waals surface area (Å²) in [5, 5.41) is 6.08. The van der Waals surface area contributed by atoms with E-state index in [1.807, 2.05) is 6.92 Å². The number of carbonyl (C=O) groups excluding carboxylic acids is 1. The average molecular weight is 194 g/mol. The van der Waals surface area contributed by atoms with Crippen molar-refractivity contribution in [3.63, 3.8) is 0 Å². The van der Waals surface area contributed by atoms with Gasteiger partial charge in [0.05, 0.1) is 6.54 Å². The quantitative estimate of drug-likeness (QED) is 0.629. The van der Waals surface area contributed by atoms with Gasteiger partial charge < -0.3 is 10.6 Å². The van der Waals surface area contributed by atoms with E-state index in [9.17, 15) is 4.79 Å². The lowest BCUT2D eigenvalue weighted by Gasteiger charge is -2.21. The summed E-state index contributed by atoms with van der Waals surface area (Å²) in [6.45, 7) is 4.41. The van der Waals surface area contributed by atoms with Crippen LogP contribution in [0.2, 0.25) is 0 Å². The van der Waals surface area contributed by atoms with Crippen LogP contribution >= 0.6 is 0 Å². The fraction of sp³-hybridized carbons (Fsp3) is 0.727. The number of carbonyl (C=O) groups is 1. The lowest BCUT2D eigenvalue weighted by Crippen LogP contribution is -2.38. The molecule has 1 aliphatic rings. The molecule has 3 nitrogen and oxygen atoms in total. The normalized spacial score (nSPS) is 16.9. The van der Waals surface area contributed by atoms with Gasteiger partial charge in [-0.2, -0.15) is 0 Å². The molecule has 1 aliphatic heterocycles. The SMILES string of the molecule is CCC#CCNC(=O)C1CCNCC1. The maximum Gasteiger partial charge on any atom is 0.223 e. The second kappa shape index (κ2) is 6.44. The van der Waals surface area contributed by atoms with E-state index in [1.165, 1.54) is 0 Å². The Morgan fingerprint density at radius 3 is 2.79 bits per heavy atom. The van der Waals surface area contributed by atoms with E-state index in [0.29, 0.717) is 6.54 Å². The summed E-state index contributed by atoms with van der Waals surface area (Å²) in [5.74, 6) is 6.19. The van der Waals surface area contributed by atoms with Crippen molar-refractivity contribution in [2.24, 2.45) is 5.92 Å². The first kappa shape index (κ1) is 11.1. The van der Waals surface area contributed by atoms with Gasteiger partial charge in [0, 0.05) is 12.3 Å². The van der Waals surface area contributed by atoms with E-state index in [-0.39, 0.29) is 11.8 Å². The van der Waals surface area contributed by atoms with Crippen molar-refractivity contribution in [3.05, 3.63) is 0 Å². The Morgan fingerprint density at radius 2 is 2.14 bits per heavy atom. The molecule has 1 heterocycles. The highest BCUT2D eigenvalue weighted by atomic mass is 16.1. The predicted molar refractivity (Wildman–Crippen MR) is 56.7 cm³/mol. The van der Waals surface area contributed by atoms with E-state index < -0.39 is 0 Å². The first-order valence-electron chi connectivity index (χ1n) is 5.28. The van der Waals surface area contributed by atoms with E-state index >= 15 is 0 Å². The molecule has 3 heteroatoms. The monoisotopic (exact) mass is 194 g/mol. The van der Waals surface area contributed by atoms with E-state index in [1.54, 1.807) is 0 Å². The molecule has 0 bridgehead atoms. The van der Waals surface area contributed by atoms with Gasteiger partial charge in [-0.3, -0.25) is 4.79 Å². The topological polar surface area (TPSA) is 41.1 Å². The van der Waals surface area contributed by atoms with Crippen molar-refractivity contribution in [2.75, 3.05) is 19.6 Å². The predicted octanol–water partition coefficient (Wildman–Crippen LogP) is 0.516. The van der Waals surface area contributed by atoms with E-state index in [4.69, 9.17) is 0 Å². The molecular formula is C11H18N2O. The Labute approximate surface area is 85.6 Å². The van der Waals surface area contributed by atoms with Crippen molar-refractivity contribution >= 4 is 5.91 Å². The molecule has 0 aromatic carbocycles. The third-order valence-electron chi connectivity index (χ3n) is 2.36. The van der Waals surface area contributed by atoms with Crippen molar-refractivity contribution < 1.29 is 4.79 Å². The summed E-state index contributed by atoms with van der Waals surface area (Å²) in [4.78, 5) is 11.6. The summed E-state index contributed by atoms with van der Waals surface area (Å²) < 4.78 is 0. The first-order chi connectivity index (χ1) is 6.84. The van der Waals surface area contributed by atoms with Crippen molar-refractivity contribution in [1.29, 1.82) is 0 Å². The Balaban J connectivity index is 2.19. The Morgan fingerprint density at radius 1 is 1.43 bits per heavy atom. The smallest absolute Gasteiger partial charge is 0.223 e. The molecule has 1 rings (SSSR count). The molecule has 0 aromatic heterocycles. The van der Waals surface area contributed by atoms with Crippen molar-refractivity contribution in [1.82, 2.24) is 10.6 Å². The molecule has 78 valence electrons. The molecule has 0 saturated carbocycles. The molecule has 1 amide bonds. The van der Waals surface area contributed by atoms with Crippen LogP contribution in [0, 0.1) is 17.8 Å². The fourth-order valence-corrected chi connectivity index (χ4v) is 1.55. The zero-order valence-electron chi connectivity index (χ0n) is 8.73. The third kappa shape index (κ3) is 3.80. The minimum atomic E-state index is 0.164.